The van der Waals surface area contributed by atoms with Crippen LogP contribution >= 0.6 is 27.7 Å². The van der Waals surface area contributed by atoms with Gasteiger partial charge in [0.25, 0.3) is 0 Å². The Labute approximate surface area is 235 Å². The van der Waals surface area contributed by atoms with Gasteiger partial charge in [-0.05, 0) is 64.4 Å². The maximum atomic E-state index is 13.9. The Balaban J connectivity index is 1.80. The second-order valence-corrected chi connectivity index (χ2v) is 11.4. The van der Waals surface area contributed by atoms with Crippen LogP contribution in [0.1, 0.15) is 49.7 Å². The van der Waals surface area contributed by atoms with Crippen LogP contribution in [0, 0.1) is 0 Å². The lowest BCUT2D eigenvalue weighted by atomic mass is 9.71. The van der Waals surface area contributed by atoms with Crippen molar-refractivity contribution in [3.63, 3.8) is 0 Å². The number of esters is 1. The lowest BCUT2D eigenvalue weighted by Crippen LogP contribution is -2.36. The first-order valence-electron chi connectivity index (χ1n) is 12.5. The van der Waals surface area contributed by atoms with Crippen LogP contribution in [0.3, 0.4) is 0 Å². The summed E-state index contributed by atoms with van der Waals surface area (Å²) in [5.74, 6) is 1.31. The highest BCUT2D eigenvalue weighted by atomic mass is 79.9. The minimum Gasteiger partial charge on any atom is -0.503 e. The summed E-state index contributed by atoms with van der Waals surface area (Å²) < 4.78 is 17.0. The van der Waals surface area contributed by atoms with Crippen molar-refractivity contribution in [2.45, 2.75) is 38.5 Å². The second-order valence-electron chi connectivity index (χ2n) is 9.15. The Morgan fingerprint density at radius 1 is 1.16 bits per heavy atom. The fraction of sp³-hybridized carbons (Fsp3) is 0.379. The SMILES string of the molecule is CCSCCOC(=O)C1=C(C)NC2=C(C(=O)C[C@H](c3ccccc3OC)C2)[C@H]1c1cc(Br)c(O)c(OC)c1. The molecule has 1 heterocycles. The van der Waals surface area contributed by atoms with Crippen molar-refractivity contribution in [3.05, 3.63) is 74.5 Å². The van der Waals surface area contributed by atoms with Crippen LogP contribution in [0.4, 0.5) is 0 Å². The molecule has 7 nitrogen and oxygen atoms in total. The molecule has 1 aliphatic carbocycles. The number of para-hydroxylation sites is 1. The Bertz CT molecular complexity index is 1300. The van der Waals surface area contributed by atoms with Crippen molar-refractivity contribution in [2.75, 3.05) is 32.3 Å². The topological polar surface area (TPSA) is 94.1 Å². The van der Waals surface area contributed by atoms with E-state index in [0.717, 1.165) is 22.8 Å². The Morgan fingerprint density at radius 2 is 1.89 bits per heavy atom. The number of rotatable bonds is 9. The summed E-state index contributed by atoms with van der Waals surface area (Å²) in [4.78, 5) is 27.3. The summed E-state index contributed by atoms with van der Waals surface area (Å²) in [5, 5.41) is 13.8. The first-order chi connectivity index (χ1) is 18.3. The number of ketones is 1. The molecule has 0 unspecified atom stereocenters. The lowest BCUT2D eigenvalue weighted by Gasteiger charge is -2.37. The largest absolute Gasteiger partial charge is 0.503 e. The Kier molecular flexibility index (Phi) is 9.10. The van der Waals surface area contributed by atoms with Gasteiger partial charge in [-0.3, -0.25) is 4.79 Å². The number of halogens is 1. The predicted octanol–water partition coefficient (Wildman–Crippen LogP) is 5.83. The van der Waals surface area contributed by atoms with Crippen molar-refractivity contribution >= 4 is 39.4 Å². The first-order valence-corrected chi connectivity index (χ1v) is 14.4. The van der Waals surface area contributed by atoms with Gasteiger partial charge < -0.3 is 24.6 Å². The molecule has 2 aromatic carbocycles. The van der Waals surface area contributed by atoms with Gasteiger partial charge in [-0.25, -0.2) is 4.79 Å². The number of hydrogen-bond donors (Lipinski definition) is 2. The molecule has 0 fully saturated rings. The summed E-state index contributed by atoms with van der Waals surface area (Å²) in [6.07, 6.45) is 0.865. The van der Waals surface area contributed by atoms with Gasteiger partial charge in [-0.15, -0.1) is 0 Å². The number of aromatic hydroxyl groups is 1. The molecule has 0 amide bonds. The summed E-state index contributed by atoms with van der Waals surface area (Å²) in [6, 6.07) is 11.1. The molecule has 2 aliphatic rings. The van der Waals surface area contributed by atoms with Crippen molar-refractivity contribution in [2.24, 2.45) is 0 Å². The van der Waals surface area contributed by atoms with Gasteiger partial charge in [0.1, 0.15) is 12.4 Å². The second kappa shape index (κ2) is 12.3. The van der Waals surface area contributed by atoms with E-state index in [1.54, 1.807) is 31.0 Å². The number of nitrogens with one attached hydrogen (secondary N) is 1. The van der Waals surface area contributed by atoms with Crippen LogP contribution < -0.4 is 14.8 Å². The summed E-state index contributed by atoms with van der Waals surface area (Å²) in [5.41, 5.74) is 3.96. The van der Waals surface area contributed by atoms with Crippen LogP contribution in [0.5, 0.6) is 17.2 Å². The maximum Gasteiger partial charge on any atom is 0.336 e. The van der Waals surface area contributed by atoms with E-state index in [1.807, 2.05) is 31.2 Å². The molecular formula is C29H32BrNO6S. The Hall–Kier alpha value is -2.91. The molecule has 2 atom stereocenters. The molecule has 0 spiro atoms. The van der Waals surface area contributed by atoms with Gasteiger partial charge >= 0.3 is 5.97 Å². The molecule has 4 rings (SSSR count). The average molecular weight is 603 g/mol. The van der Waals surface area contributed by atoms with Crippen molar-refractivity contribution in [1.82, 2.24) is 5.32 Å². The van der Waals surface area contributed by atoms with Gasteiger partial charge in [-0.2, -0.15) is 11.8 Å². The molecule has 0 aromatic heterocycles. The molecule has 0 radical (unpaired) electrons. The standard InChI is InChI=1S/C29H32BrNO6S/c1-5-38-11-10-37-29(34)25-16(2)31-21-13-17(19-8-6-7-9-23(19)35-3)14-22(32)27(21)26(25)18-12-20(30)28(33)24(15-18)36-4/h6-9,12,15,17,26,31,33H,5,10-11,13-14H2,1-4H3/t17-,26+/m1/s1. The van der Waals surface area contributed by atoms with Crippen LogP contribution in [0.15, 0.2) is 63.4 Å². The number of methoxy groups -OCH3 is 2. The number of ether oxygens (including phenoxy) is 3. The molecule has 2 N–H and O–H groups in total. The molecular weight excluding hydrogens is 570 g/mol. The lowest BCUT2D eigenvalue weighted by molar-refractivity contribution is -0.138. The van der Waals surface area contributed by atoms with Crippen LogP contribution in [0.25, 0.3) is 0 Å². The molecule has 1 aliphatic heterocycles. The number of phenolic OH excluding ortho intramolecular Hbond substituents is 1. The summed E-state index contributed by atoms with van der Waals surface area (Å²) >= 11 is 5.09. The number of hydrogen-bond acceptors (Lipinski definition) is 8. The molecule has 0 saturated heterocycles. The number of dihydropyridines is 1. The molecule has 9 heteroatoms. The zero-order valence-corrected chi connectivity index (χ0v) is 24.3. The molecule has 0 bridgehead atoms. The number of carbonyl (C=O) groups excluding carboxylic acids is 2. The van der Waals surface area contributed by atoms with E-state index in [4.69, 9.17) is 14.2 Å². The zero-order chi connectivity index (χ0) is 27.4. The summed E-state index contributed by atoms with van der Waals surface area (Å²) in [6.45, 7) is 4.16. The van der Waals surface area contributed by atoms with Crippen molar-refractivity contribution in [1.29, 1.82) is 0 Å². The third-order valence-corrected chi connectivity index (χ3v) is 8.36. The van der Waals surface area contributed by atoms with Crippen LogP contribution in [0.2, 0.25) is 0 Å². The molecule has 202 valence electrons. The number of carbonyl (C=O) groups is 2. The first kappa shape index (κ1) is 28.1. The highest BCUT2D eigenvalue weighted by Crippen LogP contribution is 2.49. The minimum absolute atomic E-state index is 0.0491. The van der Waals surface area contributed by atoms with E-state index < -0.39 is 11.9 Å². The smallest absolute Gasteiger partial charge is 0.336 e. The third-order valence-electron chi connectivity index (χ3n) is 6.90. The third kappa shape index (κ3) is 5.59. The maximum absolute atomic E-state index is 13.9. The van der Waals surface area contributed by atoms with Gasteiger partial charge in [-0.1, -0.05) is 25.1 Å². The van der Waals surface area contributed by atoms with E-state index in [-0.39, 0.29) is 36.2 Å². The molecule has 0 saturated carbocycles. The van der Waals surface area contributed by atoms with Crippen molar-refractivity contribution in [3.8, 4) is 17.2 Å². The summed E-state index contributed by atoms with van der Waals surface area (Å²) in [7, 11) is 3.09. The monoisotopic (exact) mass is 601 g/mol. The highest BCUT2D eigenvalue weighted by molar-refractivity contribution is 9.10. The fourth-order valence-corrected chi connectivity index (χ4v) is 6.15. The van der Waals surface area contributed by atoms with E-state index >= 15 is 0 Å². The van der Waals surface area contributed by atoms with Crippen LogP contribution in [-0.4, -0.2) is 49.2 Å². The van der Waals surface area contributed by atoms with Crippen molar-refractivity contribution < 1.29 is 28.9 Å². The normalized spacial score (nSPS) is 19.1. The average Bonchev–Trinajstić information content (AvgIpc) is 2.91. The van der Waals surface area contributed by atoms with Gasteiger partial charge in [0.2, 0.25) is 0 Å². The number of thioether (sulfide) groups is 1. The van der Waals surface area contributed by atoms with Gasteiger partial charge in [0.15, 0.2) is 17.3 Å². The van der Waals surface area contributed by atoms with E-state index in [2.05, 4.69) is 28.2 Å². The number of phenols is 1. The minimum atomic E-state index is -0.672. The van der Waals surface area contributed by atoms with Crippen LogP contribution in [-0.2, 0) is 14.3 Å². The quantitative estimate of drug-likeness (QED) is 0.274. The Morgan fingerprint density at radius 3 is 2.61 bits per heavy atom. The van der Waals surface area contributed by atoms with E-state index in [1.165, 1.54) is 7.11 Å². The zero-order valence-electron chi connectivity index (χ0n) is 21.9. The van der Waals surface area contributed by atoms with E-state index in [0.29, 0.717) is 39.1 Å². The number of benzene rings is 2. The van der Waals surface area contributed by atoms with E-state index in [9.17, 15) is 14.7 Å². The highest BCUT2D eigenvalue weighted by Gasteiger charge is 2.42. The number of Topliss-reactive ketones (excluding diaryl/α,β-unsaturated/α-hetero) is 1. The fourth-order valence-electron chi connectivity index (χ4n) is 5.20. The molecule has 38 heavy (non-hydrogen) atoms. The predicted molar refractivity (Wildman–Crippen MR) is 152 cm³/mol. The number of allylic oxidation sites excluding steroid dienone is 3. The van der Waals surface area contributed by atoms with Gasteiger partial charge in [0, 0.05) is 41.0 Å². The molecule has 2 aromatic rings. The van der Waals surface area contributed by atoms with Gasteiger partial charge in [0.05, 0.1) is 24.3 Å².